The number of ether oxygens (including phenoxy) is 2. The molecule has 4 heteroatoms. The van der Waals surface area contributed by atoms with Crippen molar-refractivity contribution in [3.05, 3.63) is 22.7 Å². The van der Waals surface area contributed by atoms with Crippen LogP contribution in [0.3, 0.4) is 0 Å². The van der Waals surface area contributed by atoms with Crippen LogP contribution >= 0.6 is 11.6 Å². The van der Waals surface area contributed by atoms with Crippen LogP contribution in [-0.2, 0) is 0 Å². The van der Waals surface area contributed by atoms with Gasteiger partial charge in [0, 0.05) is 0 Å². The molecule has 0 spiro atoms. The van der Waals surface area contributed by atoms with Gasteiger partial charge in [-0.05, 0) is 49.4 Å². The van der Waals surface area contributed by atoms with E-state index in [1.165, 1.54) is 0 Å². The third-order valence-corrected chi connectivity index (χ3v) is 3.51. The molecule has 1 aromatic rings. The Bertz CT molecular complexity index is 419. The second-order valence-electron chi connectivity index (χ2n) is 4.83. The third kappa shape index (κ3) is 3.09. The van der Waals surface area contributed by atoms with Crippen LogP contribution in [0, 0.1) is 0 Å². The van der Waals surface area contributed by atoms with Crippen molar-refractivity contribution in [1.82, 2.24) is 0 Å². The van der Waals surface area contributed by atoms with E-state index in [9.17, 15) is 0 Å². The summed E-state index contributed by atoms with van der Waals surface area (Å²) in [7, 11) is 1.64. The summed E-state index contributed by atoms with van der Waals surface area (Å²) >= 11 is 6.29. The summed E-state index contributed by atoms with van der Waals surface area (Å²) in [6.45, 7) is 2.81. The van der Waals surface area contributed by atoms with E-state index in [1.54, 1.807) is 7.11 Å². The van der Waals surface area contributed by atoms with Crippen LogP contribution in [-0.4, -0.2) is 19.8 Å². The Kier molecular flexibility index (Phi) is 4.36. The Morgan fingerprint density at radius 1 is 1.44 bits per heavy atom. The third-order valence-electron chi connectivity index (χ3n) is 3.23. The number of methoxy groups -OCH3 is 1. The van der Waals surface area contributed by atoms with E-state index in [2.05, 4.69) is 6.92 Å². The number of halogens is 1. The molecule has 0 saturated heterocycles. The molecule has 2 rings (SSSR count). The molecule has 0 heterocycles. The van der Waals surface area contributed by atoms with Crippen LogP contribution in [0.4, 0.5) is 0 Å². The molecule has 0 bridgehead atoms. The van der Waals surface area contributed by atoms with Crippen LogP contribution in [0.25, 0.3) is 0 Å². The lowest BCUT2D eigenvalue weighted by molar-refractivity contribution is 0.282. The molecule has 1 unspecified atom stereocenters. The minimum Gasteiger partial charge on any atom is -0.493 e. The molecule has 1 saturated carbocycles. The number of nitrogens with two attached hydrogens (primary N) is 1. The van der Waals surface area contributed by atoms with E-state index in [0.717, 1.165) is 24.8 Å². The number of hydrogen-bond donors (Lipinski definition) is 1. The van der Waals surface area contributed by atoms with Gasteiger partial charge in [0.15, 0.2) is 11.5 Å². The van der Waals surface area contributed by atoms with Gasteiger partial charge in [-0.2, -0.15) is 0 Å². The predicted molar refractivity (Wildman–Crippen MR) is 73.7 cm³/mol. The first-order valence-corrected chi connectivity index (χ1v) is 6.77. The van der Waals surface area contributed by atoms with Crippen molar-refractivity contribution in [2.24, 2.45) is 5.73 Å². The highest BCUT2D eigenvalue weighted by Crippen LogP contribution is 2.41. The van der Waals surface area contributed by atoms with Gasteiger partial charge >= 0.3 is 0 Å². The van der Waals surface area contributed by atoms with Crippen LogP contribution in [0.15, 0.2) is 12.1 Å². The molecular weight excluding hydrogens is 250 g/mol. The average molecular weight is 270 g/mol. The Balaban J connectivity index is 2.26. The van der Waals surface area contributed by atoms with E-state index in [-0.39, 0.29) is 0 Å². The quantitative estimate of drug-likeness (QED) is 0.861. The lowest BCUT2D eigenvalue weighted by Gasteiger charge is -2.16. The van der Waals surface area contributed by atoms with Gasteiger partial charge in [0.25, 0.3) is 0 Å². The van der Waals surface area contributed by atoms with E-state index in [0.29, 0.717) is 35.1 Å². The topological polar surface area (TPSA) is 44.5 Å². The lowest BCUT2D eigenvalue weighted by Crippen LogP contribution is -2.06. The van der Waals surface area contributed by atoms with Crippen LogP contribution in [0.5, 0.6) is 11.5 Å². The molecule has 18 heavy (non-hydrogen) atoms. The molecule has 3 nitrogen and oxygen atoms in total. The zero-order valence-electron chi connectivity index (χ0n) is 10.9. The maximum absolute atomic E-state index is 6.29. The maximum atomic E-state index is 6.29. The molecule has 1 fully saturated rings. The minimum atomic E-state index is 0.309. The first-order valence-electron chi connectivity index (χ1n) is 6.39. The lowest BCUT2D eigenvalue weighted by atomic mass is 9.97. The van der Waals surface area contributed by atoms with Gasteiger partial charge in [-0.25, -0.2) is 0 Å². The van der Waals surface area contributed by atoms with Crippen molar-refractivity contribution < 1.29 is 9.47 Å². The zero-order valence-corrected chi connectivity index (χ0v) is 11.7. The van der Waals surface area contributed by atoms with Crippen molar-refractivity contribution in [2.75, 3.05) is 13.7 Å². The molecular formula is C14H20ClNO2. The Hall–Kier alpha value is -0.930. The van der Waals surface area contributed by atoms with Gasteiger partial charge in [-0.3, -0.25) is 0 Å². The van der Waals surface area contributed by atoms with Crippen molar-refractivity contribution in [1.29, 1.82) is 0 Å². The van der Waals surface area contributed by atoms with Gasteiger partial charge in [-0.15, -0.1) is 0 Å². The van der Waals surface area contributed by atoms with E-state index in [1.807, 2.05) is 12.1 Å². The average Bonchev–Trinajstić information content (AvgIpc) is 3.15. The zero-order chi connectivity index (χ0) is 13.1. The van der Waals surface area contributed by atoms with Crippen molar-refractivity contribution >= 4 is 11.6 Å². The van der Waals surface area contributed by atoms with Crippen molar-refractivity contribution in [2.45, 2.75) is 38.2 Å². The summed E-state index contributed by atoms with van der Waals surface area (Å²) in [5, 5.41) is 0.625. The Morgan fingerprint density at radius 2 is 2.17 bits per heavy atom. The molecule has 1 aromatic carbocycles. The maximum Gasteiger partial charge on any atom is 0.180 e. The van der Waals surface area contributed by atoms with Crippen LogP contribution in [0.1, 0.15) is 37.7 Å². The smallest absolute Gasteiger partial charge is 0.180 e. The highest BCUT2D eigenvalue weighted by molar-refractivity contribution is 6.32. The highest BCUT2D eigenvalue weighted by atomic mass is 35.5. The fourth-order valence-electron chi connectivity index (χ4n) is 1.91. The molecule has 0 radical (unpaired) electrons. The second kappa shape index (κ2) is 5.81. The second-order valence-corrected chi connectivity index (χ2v) is 5.24. The van der Waals surface area contributed by atoms with E-state index < -0.39 is 0 Å². The van der Waals surface area contributed by atoms with Crippen LogP contribution in [0.2, 0.25) is 5.02 Å². The number of rotatable bonds is 6. The highest BCUT2D eigenvalue weighted by Gasteiger charge is 2.26. The normalized spacial score (nSPS) is 16.4. The predicted octanol–water partition coefficient (Wildman–Crippen LogP) is 3.34. The number of benzene rings is 1. The first-order chi connectivity index (χ1) is 8.65. The van der Waals surface area contributed by atoms with Crippen LogP contribution < -0.4 is 15.2 Å². The van der Waals surface area contributed by atoms with Gasteiger partial charge in [-0.1, -0.05) is 18.5 Å². The van der Waals surface area contributed by atoms with Crippen molar-refractivity contribution in [3.63, 3.8) is 0 Å². The summed E-state index contributed by atoms with van der Waals surface area (Å²) in [5.74, 6) is 1.76. The fourth-order valence-corrected chi connectivity index (χ4v) is 2.17. The SMILES string of the molecule is COc1cc(C(C)CCN)cc(Cl)c1OC1CC1. The minimum absolute atomic E-state index is 0.309. The molecule has 0 aromatic heterocycles. The van der Waals surface area contributed by atoms with Crippen molar-refractivity contribution in [3.8, 4) is 11.5 Å². The summed E-state index contributed by atoms with van der Waals surface area (Å²) < 4.78 is 11.2. The van der Waals surface area contributed by atoms with Gasteiger partial charge in [0.1, 0.15) is 0 Å². The summed E-state index contributed by atoms with van der Waals surface area (Å²) in [6, 6.07) is 3.96. The van der Waals surface area contributed by atoms with Gasteiger partial charge < -0.3 is 15.2 Å². The molecule has 1 aliphatic rings. The molecule has 0 aliphatic heterocycles. The number of hydrogen-bond acceptors (Lipinski definition) is 3. The van der Waals surface area contributed by atoms with E-state index in [4.69, 9.17) is 26.8 Å². The standard InChI is InChI=1S/C14H20ClNO2/c1-9(5-6-16)10-7-12(15)14(13(8-10)17-2)18-11-3-4-11/h7-9,11H,3-6,16H2,1-2H3. The molecule has 1 atom stereocenters. The Morgan fingerprint density at radius 3 is 2.72 bits per heavy atom. The molecule has 0 amide bonds. The Labute approximate surface area is 113 Å². The summed E-state index contributed by atoms with van der Waals surface area (Å²) in [4.78, 5) is 0. The monoisotopic (exact) mass is 269 g/mol. The van der Waals surface area contributed by atoms with Gasteiger partial charge in [0.2, 0.25) is 0 Å². The van der Waals surface area contributed by atoms with E-state index >= 15 is 0 Å². The largest absolute Gasteiger partial charge is 0.493 e. The molecule has 1 aliphatic carbocycles. The summed E-state index contributed by atoms with van der Waals surface area (Å²) in [6.07, 6.45) is 3.45. The van der Waals surface area contributed by atoms with Gasteiger partial charge in [0.05, 0.1) is 18.2 Å². The summed E-state index contributed by atoms with van der Waals surface area (Å²) in [5.41, 5.74) is 6.73. The molecule has 100 valence electrons. The first kappa shape index (κ1) is 13.5. The molecule has 2 N–H and O–H groups in total. The fraction of sp³-hybridized carbons (Fsp3) is 0.571.